The van der Waals surface area contributed by atoms with E-state index in [0.29, 0.717) is 6.04 Å². The van der Waals surface area contributed by atoms with Crippen molar-refractivity contribution in [2.75, 3.05) is 13.1 Å². The fourth-order valence-corrected chi connectivity index (χ4v) is 3.22. The van der Waals surface area contributed by atoms with Crippen molar-refractivity contribution < 1.29 is 0 Å². The van der Waals surface area contributed by atoms with Gasteiger partial charge in [-0.05, 0) is 55.8 Å². The van der Waals surface area contributed by atoms with E-state index in [1.807, 2.05) is 11.3 Å². The molecule has 2 rings (SSSR count). The van der Waals surface area contributed by atoms with Crippen LogP contribution in [0.3, 0.4) is 0 Å². The fraction of sp³-hybridized carbons (Fsp3) is 0.692. The standard InChI is InChI=1S/C13H22N2S/c1-2-11-6-9-16-13(11)10-15-12-4-3-7-14-8-5-12/h6,9,12,14-15H,2-5,7-8,10H2,1H3. The van der Waals surface area contributed by atoms with Crippen LogP contribution in [-0.2, 0) is 13.0 Å². The van der Waals surface area contributed by atoms with E-state index < -0.39 is 0 Å². The number of aryl methyl sites for hydroxylation is 1. The number of rotatable bonds is 4. The van der Waals surface area contributed by atoms with Crippen LogP contribution in [0.25, 0.3) is 0 Å². The molecule has 1 aromatic rings. The second-order valence-corrected chi connectivity index (χ2v) is 5.48. The van der Waals surface area contributed by atoms with Gasteiger partial charge >= 0.3 is 0 Å². The van der Waals surface area contributed by atoms with Crippen molar-refractivity contribution >= 4 is 11.3 Å². The van der Waals surface area contributed by atoms with E-state index in [1.165, 1.54) is 42.8 Å². The molecule has 0 aromatic carbocycles. The lowest BCUT2D eigenvalue weighted by molar-refractivity contribution is 0.470. The van der Waals surface area contributed by atoms with Crippen LogP contribution in [0, 0.1) is 0 Å². The molecule has 2 heterocycles. The molecule has 2 N–H and O–H groups in total. The molecular weight excluding hydrogens is 216 g/mol. The summed E-state index contributed by atoms with van der Waals surface area (Å²) in [7, 11) is 0. The zero-order valence-electron chi connectivity index (χ0n) is 10.1. The minimum Gasteiger partial charge on any atom is -0.317 e. The third-order valence-corrected chi connectivity index (χ3v) is 4.31. The first-order valence-corrected chi connectivity index (χ1v) is 7.27. The van der Waals surface area contributed by atoms with Crippen LogP contribution in [-0.4, -0.2) is 19.1 Å². The van der Waals surface area contributed by atoms with Crippen LogP contribution >= 0.6 is 11.3 Å². The summed E-state index contributed by atoms with van der Waals surface area (Å²) in [5.74, 6) is 0. The molecule has 1 saturated heterocycles. The van der Waals surface area contributed by atoms with Gasteiger partial charge in [-0.15, -0.1) is 11.3 Å². The van der Waals surface area contributed by atoms with E-state index >= 15 is 0 Å². The summed E-state index contributed by atoms with van der Waals surface area (Å²) >= 11 is 1.89. The molecule has 90 valence electrons. The van der Waals surface area contributed by atoms with Gasteiger partial charge < -0.3 is 10.6 Å². The van der Waals surface area contributed by atoms with Gasteiger partial charge in [0.15, 0.2) is 0 Å². The molecule has 3 heteroatoms. The minimum absolute atomic E-state index is 0.710. The highest BCUT2D eigenvalue weighted by Crippen LogP contribution is 2.17. The van der Waals surface area contributed by atoms with Crippen LogP contribution in [0.1, 0.15) is 36.6 Å². The van der Waals surface area contributed by atoms with Crippen LogP contribution in [0.15, 0.2) is 11.4 Å². The lowest BCUT2D eigenvalue weighted by Crippen LogP contribution is -2.29. The van der Waals surface area contributed by atoms with E-state index in [2.05, 4.69) is 29.0 Å². The second-order valence-electron chi connectivity index (χ2n) is 4.48. The van der Waals surface area contributed by atoms with Gasteiger partial charge in [0.05, 0.1) is 0 Å². The normalized spacial score (nSPS) is 21.9. The average molecular weight is 238 g/mol. The summed E-state index contributed by atoms with van der Waals surface area (Å²) in [5, 5.41) is 9.38. The van der Waals surface area contributed by atoms with Crippen molar-refractivity contribution in [1.82, 2.24) is 10.6 Å². The van der Waals surface area contributed by atoms with Crippen molar-refractivity contribution in [3.05, 3.63) is 21.9 Å². The lowest BCUT2D eigenvalue weighted by Gasteiger charge is -2.15. The molecule has 0 aliphatic carbocycles. The van der Waals surface area contributed by atoms with Crippen LogP contribution in [0.2, 0.25) is 0 Å². The van der Waals surface area contributed by atoms with E-state index in [9.17, 15) is 0 Å². The third-order valence-electron chi connectivity index (χ3n) is 3.35. The Morgan fingerprint density at radius 1 is 1.44 bits per heavy atom. The van der Waals surface area contributed by atoms with E-state index in [4.69, 9.17) is 0 Å². The monoisotopic (exact) mass is 238 g/mol. The van der Waals surface area contributed by atoms with Gasteiger partial charge in [0.25, 0.3) is 0 Å². The van der Waals surface area contributed by atoms with Gasteiger partial charge in [-0.1, -0.05) is 6.92 Å². The Balaban J connectivity index is 1.81. The van der Waals surface area contributed by atoms with Crippen molar-refractivity contribution in [3.63, 3.8) is 0 Å². The Morgan fingerprint density at radius 3 is 3.25 bits per heavy atom. The highest BCUT2D eigenvalue weighted by Gasteiger charge is 2.11. The molecule has 1 atom stereocenters. The molecule has 1 unspecified atom stereocenters. The number of hydrogen-bond acceptors (Lipinski definition) is 3. The van der Waals surface area contributed by atoms with Gasteiger partial charge in [0.1, 0.15) is 0 Å². The fourth-order valence-electron chi connectivity index (χ4n) is 2.30. The predicted octanol–water partition coefficient (Wildman–Crippen LogP) is 2.54. The Bertz CT molecular complexity index is 301. The molecule has 1 fully saturated rings. The first-order valence-electron chi connectivity index (χ1n) is 6.39. The summed E-state index contributed by atoms with van der Waals surface area (Å²) in [6, 6.07) is 2.97. The molecule has 0 bridgehead atoms. The van der Waals surface area contributed by atoms with Crippen molar-refractivity contribution in [2.24, 2.45) is 0 Å². The maximum Gasteiger partial charge on any atom is 0.0305 e. The Labute approximate surface area is 102 Å². The van der Waals surface area contributed by atoms with Crippen molar-refractivity contribution in [2.45, 2.75) is 45.2 Å². The molecule has 1 aliphatic heterocycles. The maximum absolute atomic E-state index is 3.71. The van der Waals surface area contributed by atoms with Gasteiger partial charge in [-0.3, -0.25) is 0 Å². The van der Waals surface area contributed by atoms with Crippen LogP contribution in [0.5, 0.6) is 0 Å². The molecule has 0 saturated carbocycles. The van der Waals surface area contributed by atoms with Gasteiger partial charge in [0, 0.05) is 17.5 Å². The molecule has 1 aliphatic rings. The highest BCUT2D eigenvalue weighted by atomic mass is 32.1. The zero-order chi connectivity index (χ0) is 11.2. The molecule has 0 amide bonds. The van der Waals surface area contributed by atoms with Crippen molar-refractivity contribution in [3.8, 4) is 0 Å². The van der Waals surface area contributed by atoms with E-state index in [0.717, 1.165) is 13.0 Å². The van der Waals surface area contributed by atoms with Gasteiger partial charge in [-0.2, -0.15) is 0 Å². The maximum atomic E-state index is 3.71. The third kappa shape index (κ3) is 3.30. The summed E-state index contributed by atoms with van der Waals surface area (Å²) in [5.41, 5.74) is 1.52. The summed E-state index contributed by atoms with van der Waals surface area (Å²) in [6.45, 7) is 5.66. The quantitative estimate of drug-likeness (QED) is 0.842. The largest absolute Gasteiger partial charge is 0.317 e. The molecule has 2 nitrogen and oxygen atoms in total. The highest BCUT2D eigenvalue weighted by molar-refractivity contribution is 7.10. The van der Waals surface area contributed by atoms with E-state index in [1.54, 1.807) is 0 Å². The first kappa shape index (κ1) is 12.1. The molecule has 1 aromatic heterocycles. The smallest absolute Gasteiger partial charge is 0.0305 e. The Morgan fingerprint density at radius 2 is 2.38 bits per heavy atom. The molecular formula is C13H22N2S. The van der Waals surface area contributed by atoms with Gasteiger partial charge in [0.2, 0.25) is 0 Å². The predicted molar refractivity (Wildman–Crippen MR) is 71.0 cm³/mol. The average Bonchev–Trinajstić information content (AvgIpc) is 2.60. The van der Waals surface area contributed by atoms with E-state index in [-0.39, 0.29) is 0 Å². The Kier molecular flexibility index (Phi) is 4.82. The minimum atomic E-state index is 0.710. The number of thiophene rings is 1. The SMILES string of the molecule is CCc1ccsc1CNC1CCCNCC1. The Hall–Kier alpha value is -0.380. The number of hydrogen-bond donors (Lipinski definition) is 2. The van der Waals surface area contributed by atoms with Crippen molar-refractivity contribution in [1.29, 1.82) is 0 Å². The second kappa shape index (κ2) is 6.38. The first-order chi connectivity index (χ1) is 7.90. The summed E-state index contributed by atoms with van der Waals surface area (Å²) in [6.07, 6.45) is 5.06. The van der Waals surface area contributed by atoms with Crippen LogP contribution < -0.4 is 10.6 Å². The summed E-state index contributed by atoms with van der Waals surface area (Å²) < 4.78 is 0. The van der Waals surface area contributed by atoms with Crippen LogP contribution in [0.4, 0.5) is 0 Å². The zero-order valence-corrected chi connectivity index (χ0v) is 10.9. The topological polar surface area (TPSA) is 24.1 Å². The number of nitrogens with one attached hydrogen (secondary N) is 2. The lowest BCUT2D eigenvalue weighted by atomic mass is 10.1. The molecule has 0 spiro atoms. The summed E-state index contributed by atoms with van der Waals surface area (Å²) in [4.78, 5) is 1.53. The molecule has 0 radical (unpaired) electrons. The molecule has 16 heavy (non-hydrogen) atoms. The van der Waals surface area contributed by atoms with Gasteiger partial charge in [-0.25, -0.2) is 0 Å².